The highest BCUT2D eigenvalue weighted by Gasteiger charge is 2.14. The third-order valence-electron chi connectivity index (χ3n) is 5.48. The molecule has 0 spiro atoms. The highest BCUT2D eigenvalue weighted by atomic mass is 127. The molecule has 1 saturated heterocycles. The summed E-state index contributed by atoms with van der Waals surface area (Å²) in [5.41, 5.74) is 0. The van der Waals surface area contributed by atoms with Crippen molar-refractivity contribution < 1.29 is 9.47 Å². The molecule has 0 aromatic carbocycles. The van der Waals surface area contributed by atoms with E-state index in [2.05, 4.69) is 15.6 Å². The Morgan fingerprint density at radius 3 is 2.35 bits per heavy atom. The average Bonchev–Trinajstić information content (AvgIpc) is 2.67. The highest BCUT2D eigenvalue weighted by molar-refractivity contribution is 14.0. The Bertz CT molecular complexity index is 357. The Morgan fingerprint density at radius 1 is 0.962 bits per heavy atom. The van der Waals surface area contributed by atoms with Crippen LogP contribution in [0.5, 0.6) is 0 Å². The number of hydrogen-bond donors (Lipinski definition) is 2. The summed E-state index contributed by atoms with van der Waals surface area (Å²) < 4.78 is 11.2. The molecule has 2 aliphatic rings. The summed E-state index contributed by atoms with van der Waals surface area (Å²) in [7, 11) is 1.85. The van der Waals surface area contributed by atoms with Crippen LogP contribution in [0, 0.1) is 11.8 Å². The van der Waals surface area contributed by atoms with Gasteiger partial charge in [-0.1, -0.05) is 32.1 Å². The van der Waals surface area contributed by atoms with E-state index in [-0.39, 0.29) is 24.0 Å². The quantitative estimate of drug-likeness (QED) is 0.215. The van der Waals surface area contributed by atoms with Gasteiger partial charge in [0.25, 0.3) is 0 Å². The van der Waals surface area contributed by atoms with Crippen molar-refractivity contribution in [3.8, 4) is 0 Å². The van der Waals surface area contributed by atoms with E-state index in [4.69, 9.17) is 9.47 Å². The van der Waals surface area contributed by atoms with E-state index >= 15 is 0 Å². The van der Waals surface area contributed by atoms with E-state index in [1.165, 1.54) is 44.9 Å². The number of aliphatic imine (C=N–C) groups is 1. The van der Waals surface area contributed by atoms with Gasteiger partial charge >= 0.3 is 0 Å². The Kier molecular flexibility index (Phi) is 14.7. The minimum absolute atomic E-state index is 0. The molecule has 26 heavy (non-hydrogen) atoms. The molecule has 1 aliphatic heterocycles. The summed E-state index contributed by atoms with van der Waals surface area (Å²) in [6.07, 6.45) is 13.2. The predicted octanol–water partition coefficient (Wildman–Crippen LogP) is 3.96. The number of guanidine groups is 1. The second-order valence-electron chi connectivity index (χ2n) is 7.56. The van der Waals surface area contributed by atoms with Gasteiger partial charge in [0.05, 0.1) is 0 Å². The zero-order valence-corrected chi connectivity index (χ0v) is 19.0. The molecule has 6 heteroatoms. The number of rotatable bonds is 10. The van der Waals surface area contributed by atoms with Crippen LogP contribution in [-0.2, 0) is 9.47 Å². The lowest BCUT2D eigenvalue weighted by atomic mass is 9.86. The molecule has 2 N–H and O–H groups in total. The van der Waals surface area contributed by atoms with E-state index in [1.807, 2.05) is 7.05 Å². The molecule has 2 fully saturated rings. The number of nitrogens with one attached hydrogen (secondary N) is 2. The van der Waals surface area contributed by atoms with E-state index in [9.17, 15) is 0 Å². The fourth-order valence-corrected chi connectivity index (χ4v) is 3.84. The summed E-state index contributed by atoms with van der Waals surface area (Å²) in [4.78, 5) is 4.30. The van der Waals surface area contributed by atoms with Crippen LogP contribution in [0.2, 0.25) is 0 Å². The summed E-state index contributed by atoms with van der Waals surface area (Å²) in [5, 5.41) is 6.82. The van der Waals surface area contributed by atoms with E-state index < -0.39 is 0 Å². The lowest BCUT2D eigenvalue weighted by molar-refractivity contribution is 0.0203. The second kappa shape index (κ2) is 15.9. The topological polar surface area (TPSA) is 54.9 Å². The van der Waals surface area contributed by atoms with Crippen LogP contribution in [0.4, 0.5) is 0 Å². The first kappa shape index (κ1) is 24.0. The second-order valence-corrected chi connectivity index (χ2v) is 7.56. The first-order valence-corrected chi connectivity index (χ1v) is 10.5. The number of nitrogens with zero attached hydrogens (tertiary/aromatic N) is 1. The maximum atomic E-state index is 5.80. The van der Waals surface area contributed by atoms with Crippen LogP contribution in [0.25, 0.3) is 0 Å². The van der Waals surface area contributed by atoms with Gasteiger partial charge in [-0.3, -0.25) is 4.99 Å². The van der Waals surface area contributed by atoms with Crippen molar-refractivity contribution in [1.29, 1.82) is 0 Å². The third-order valence-corrected chi connectivity index (χ3v) is 5.48. The van der Waals surface area contributed by atoms with Crippen LogP contribution in [0.3, 0.4) is 0 Å². The zero-order valence-electron chi connectivity index (χ0n) is 16.6. The minimum Gasteiger partial charge on any atom is -0.381 e. The molecule has 1 heterocycles. The van der Waals surface area contributed by atoms with Crippen LogP contribution in [-0.4, -0.2) is 52.5 Å². The molecular weight excluding hydrogens is 441 g/mol. The molecule has 2 rings (SSSR count). The lowest BCUT2D eigenvalue weighted by Crippen LogP contribution is -2.38. The van der Waals surface area contributed by atoms with Gasteiger partial charge in [-0.25, -0.2) is 0 Å². The van der Waals surface area contributed by atoms with Gasteiger partial charge in [0.15, 0.2) is 5.96 Å². The molecule has 0 atom stereocenters. The maximum Gasteiger partial charge on any atom is 0.190 e. The van der Waals surface area contributed by atoms with Crippen LogP contribution >= 0.6 is 24.0 Å². The molecule has 1 aliphatic carbocycles. The van der Waals surface area contributed by atoms with Crippen molar-refractivity contribution in [2.75, 3.05) is 46.6 Å². The Hall–Kier alpha value is -0.0800. The fourth-order valence-electron chi connectivity index (χ4n) is 3.84. The molecule has 0 radical (unpaired) electrons. The number of halogens is 1. The largest absolute Gasteiger partial charge is 0.381 e. The molecule has 0 unspecified atom stereocenters. The molecule has 154 valence electrons. The van der Waals surface area contributed by atoms with Gasteiger partial charge < -0.3 is 20.1 Å². The first-order chi connectivity index (χ1) is 12.4. The van der Waals surface area contributed by atoms with E-state index in [0.29, 0.717) is 5.92 Å². The molecule has 0 bridgehead atoms. The summed E-state index contributed by atoms with van der Waals surface area (Å²) in [5.74, 6) is 2.59. The predicted molar refractivity (Wildman–Crippen MR) is 120 cm³/mol. The van der Waals surface area contributed by atoms with Gasteiger partial charge in [-0.05, 0) is 43.9 Å². The number of ether oxygens (including phenoxy) is 2. The summed E-state index contributed by atoms with van der Waals surface area (Å²) in [6.45, 7) is 5.45. The summed E-state index contributed by atoms with van der Waals surface area (Å²) >= 11 is 0. The molecule has 0 aromatic heterocycles. The van der Waals surface area contributed by atoms with Gasteiger partial charge in [0.1, 0.15) is 0 Å². The van der Waals surface area contributed by atoms with Crippen LogP contribution < -0.4 is 10.6 Å². The average molecular weight is 481 g/mol. The molecule has 0 aromatic rings. The van der Waals surface area contributed by atoms with Gasteiger partial charge in [-0.15, -0.1) is 24.0 Å². The highest BCUT2D eigenvalue weighted by Crippen LogP contribution is 2.26. The molecule has 1 saturated carbocycles. The monoisotopic (exact) mass is 481 g/mol. The van der Waals surface area contributed by atoms with Gasteiger partial charge in [-0.2, -0.15) is 0 Å². The van der Waals surface area contributed by atoms with Crippen molar-refractivity contribution >= 4 is 29.9 Å². The SMILES string of the molecule is CN=C(NCCCOCC1CCOCC1)NCCCC1CCCCC1.I. The van der Waals surface area contributed by atoms with Crippen LogP contribution in [0.15, 0.2) is 4.99 Å². The van der Waals surface area contributed by atoms with Gasteiger partial charge in [0, 0.05) is 46.6 Å². The standard InChI is InChI=1S/C20H39N3O2.HI/c1-21-20(22-12-5-9-18-7-3-2-4-8-18)23-13-6-14-25-17-19-10-15-24-16-11-19;/h18-19H,2-17H2,1H3,(H2,21,22,23);1H. The molecular formula is C20H40IN3O2. The van der Waals surface area contributed by atoms with Crippen molar-refractivity contribution in [3.63, 3.8) is 0 Å². The number of hydrogen-bond acceptors (Lipinski definition) is 3. The molecule has 0 amide bonds. The fraction of sp³-hybridized carbons (Fsp3) is 0.950. The zero-order chi connectivity index (χ0) is 17.6. The lowest BCUT2D eigenvalue weighted by Gasteiger charge is -2.22. The van der Waals surface area contributed by atoms with E-state index in [1.54, 1.807) is 0 Å². The smallest absolute Gasteiger partial charge is 0.190 e. The minimum atomic E-state index is 0. The Balaban J connectivity index is 0.00000338. The third kappa shape index (κ3) is 10.9. The van der Waals surface area contributed by atoms with Crippen molar-refractivity contribution in [2.45, 2.75) is 64.2 Å². The summed E-state index contributed by atoms with van der Waals surface area (Å²) in [6, 6.07) is 0. The normalized spacial score (nSPS) is 19.8. The van der Waals surface area contributed by atoms with Crippen LogP contribution in [0.1, 0.15) is 64.2 Å². The van der Waals surface area contributed by atoms with E-state index in [0.717, 1.165) is 70.7 Å². The maximum absolute atomic E-state index is 5.80. The van der Waals surface area contributed by atoms with Crippen molar-refractivity contribution in [3.05, 3.63) is 0 Å². The van der Waals surface area contributed by atoms with Gasteiger partial charge in [0.2, 0.25) is 0 Å². The Labute approximate surface area is 177 Å². The van der Waals surface area contributed by atoms with Crippen molar-refractivity contribution in [1.82, 2.24) is 10.6 Å². The first-order valence-electron chi connectivity index (χ1n) is 10.5. The molecule has 5 nitrogen and oxygen atoms in total. The van der Waals surface area contributed by atoms with Crippen molar-refractivity contribution in [2.24, 2.45) is 16.8 Å². The Morgan fingerprint density at radius 2 is 1.65 bits per heavy atom.